The molecule has 4 heteroatoms. The van der Waals surface area contributed by atoms with E-state index < -0.39 is 5.60 Å². The molecule has 0 aromatic heterocycles. The van der Waals surface area contributed by atoms with Gasteiger partial charge in [0.25, 0.3) is 0 Å². The van der Waals surface area contributed by atoms with Gasteiger partial charge in [-0.25, -0.2) is 4.79 Å². The molecule has 0 saturated carbocycles. The van der Waals surface area contributed by atoms with Crippen LogP contribution in [0, 0.1) is 12.3 Å². The molecule has 1 aliphatic rings. The molecule has 1 atom stereocenters. The first kappa shape index (κ1) is 15.8. The van der Waals surface area contributed by atoms with Gasteiger partial charge in [-0.2, -0.15) is 0 Å². The van der Waals surface area contributed by atoms with E-state index in [1.54, 1.807) is 4.90 Å². The van der Waals surface area contributed by atoms with Crippen molar-refractivity contribution in [3.8, 4) is 12.3 Å². The third-order valence-corrected chi connectivity index (χ3v) is 3.01. The first-order valence-corrected chi connectivity index (χ1v) is 6.81. The van der Waals surface area contributed by atoms with E-state index in [1.165, 1.54) is 0 Å². The standard InChI is InChI=1S/C15H25NO3/c1-6-7-11-18-15(5)9-8-10-16(12-15)13(17)19-14(2,3)4/h1H,7-12H2,2-5H3. The maximum Gasteiger partial charge on any atom is 0.410 e. The Morgan fingerprint density at radius 2 is 2.16 bits per heavy atom. The van der Waals surface area contributed by atoms with Crippen molar-refractivity contribution in [2.24, 2.45) is 0 Å². The van der Waals surface area contributed by atoms with Crippen LogP contribution in [0.15, 0.2) is 0 Å². The third kappa shape index (κ3) is 5.52. The van der Waals surface area contributed by atoms with E-state index in [-0.39, 0.29) is 11.7 Å². The molecule has 0 radical (unpaired) electrons. The highest BCUT2D eigenvalue weighted by molar-refractivity contribution is 5.68. The Hall–Kier alpha value is -1.21. The average molecular weight is 267 g/mol. The second-order valence-electron chi connectivity index (χ2n) is 6.26. The molecule has 0 aliphatic carbocycles. The Labute approximate surface area is 116 Å². The quantitative estimate of drug-likeness (QED) is 0.583. The minimum absolute atomic E-state index is 0.265. The molecule has 4 nitrogen and oxygen atoms in total. The van der Waals surface area contributed by atoms with E-state index in [2.05, 4.69) is 5.92 Å². The number of piperidine rings is 1. The predicted molar refractivity (Wildman–Crippen MR) is 74.8 cm³/mol. The molecule has 1 aliphatic heterocycles. The van der Waals surface area contributed by atoms with Crippen LogP contribution in [0.2, 0.25) is 0 Å². The summed E-state index contributed by atoms with van der Waals surface area (Å²) in [5.41, 5.74) is -0.777. The number of carbonyl (C=O) groups excluding carboxylic acids is 1. The van der Waals surface area contributed by atoms with Gasteiger partial charge in [-0.3, -0.25) is 0 Å². The van der Waals surface area contributed by atoms with Crippen molar-refractivity contribution >= 4 is 6.09 Å². The Bertz CT molecular complexity index is 353. The van der Waals surface area contributed by atoms with Gasteiger partial charge >= 0.3 is 6.09 Å². The Morgan fingerprint density at radius 1 is 1.47 bits per heavy atom. The number of hydrogen-bond donors (Lipinski definition) is 0. The minimum atomic E-state index is -0.463. The maximum atomic E-state index is 12.0. The van der Waals surface area contributed by atoms with Crippen LogP contribution >= 0.6 is 0 Å². The fraction of sp³-hybridized carbons (Fsp3) is 0.800. The Kier molecular flexibility index (Phi) is 5.25. The van der Waals surface area contributed by atoms with Crippen molar-refractivity contribution in [3.05, 3.63) is 0 Å². The molecule has 1 amide bonds. The molecular formula is C15H25NO3. The van der Waals surface area contributed by atoms with Crippen LogP contribution in [0.1, 0.15) is 47.0 Å². The minimum Gasteiger partial charge on any atom is -0.444 e. The summed E-state index contributed by atoms with van der Waals surface area (Å²) in [5, 5.41) is 0. The summed E-state index contributed by atoms with van der Waals surface area (Å²) in [4.78, 5) is 13.8. The first-order valence-electron chi connectivity index (χ1n) is 6.81. The summed E-state index contributed by atoms with van der Waals surface area (Å²) >= 11 is 0. The van der Waals surface area contributed by atoms with E-state index >= 15 is 0 Å². The summed E-state index contributed by atoms with van der Waals surface area (Å²) < 4.78 is 11.2. The number of rotatable bonds is 3. The van der Waals surface area contributed by atoms with E-state index in [9.17, 15) is 4.79 Å². The number of nitrogens with zero attached hydrogens (tertiary/aromatic N) is 1. The number of ether oxygens (including phenoxy) is 2. The molecule has 0 bridgehead atoms. The van der Waals surface area contributed by atoms with E-state index in [4.69, 9.17) is 15.9 Å². The van der Waals surface area contributed by atoms with Crippen LogP contribution in [0.4, 0.5) is 4.79 Å². The van der Waals surface area contributed by atoms with Gasteiger partial charge in [0.05, 0.1) is 18.8 Å². The van der Waals surface area contributed by atoms with Crippen LogP contribution < -0.4 is 0 Å². The molecule has 0 spiro atoms. The fourth-order valence-electron chi connectivity index (χ4n) is 2.16. The summed E-state index contributed by atoms with van der Waals surface area (Å²) in [6.07, 6.45) is 7.42. The Morgan fingerprint density at radius 3 is 2.74 bits per heavy atom. The maximum absolute atomic E-state index is 12.0. The highest BCUT2D eigenvalue weighted by atomic mass is 16.6. The largest absolute Gasteiger partial charge is 0.444 e. The lowest BCUT2D eigenvalue weighted by molar-refractivity contribution is -0.0779. The zero-order valence-electron chi connectivity index (χ0n) is 12.5. The second kappa shape index (κ2) is 6.29. The molecular weight excluding hydrogens is 242 g/mol. The zero-order chi connectivity index (χ0) is 14.5. The van der Waals surface area contributed by atoms with Crippen LogP contribution in [0.25, 0.3) is 0 Å². The molecule has 1 heterocycles. The van der Waals surface area contributed by atoms with Gasteiger partial charge in [-0.1, -0.05) is 0 Å². The summed E-state index contributed by atoms with van der Waals surface area (Å²) in [7, 11) is 0. The molecule has 1 saturated heterocycles. The number of carbonyl (C=O) groups is 1. The molecule has 19 heavy (non-hydrogen) atoms. The Balaban J connectivity index is 2.54. The molecule has 1 fully saturated rings. The zero-order valence-corrected chi connectivity index (χ0v) is 12.5. The van der Waals surface area contributed by atoms with Crippen molar-refractivity contribution < 1.29 is 14.3 Å². The summed E-state index contributed by atoms with van der Waals surface area (Å²) in [5.74, 6) is 2.56. The lowest BCUT2D eigenvalue weighted by Gasteiger charge is -2.40. The molecule has 108 valence electrons. The van der Waals surface area contributed by atoms with E-state index in [0.29, 0.717) is 19.6 Å². The fourth-order valence-corrected chi connectivity index (χ4v) is 2.16. The van der Waals surface area contributed by atoms with Gasteiger partial charge in [0.2, 0.25) is 0 Å². The third-order valence-electron chi connectivity index (χ3n) is 3.01. The number of likely N-dealkylation sites (tertiary alicyclic amines) is 1. The average Bonchev–Trinajstić information content (AvgIpc) is 2.27. The molecule has 1 unspecified atom stereocenters. The number of amides is 1. The predicted octanol–water partition coefficient (Wildman–Crippen LogP) is 2.82. The van der Waals surface area contributed by atoms with Crippen molar-refractivity contribution in [2.75, 3.05) is 19.7 Å². The highest BCUT2D eigenvalue weighted by Gasteiger charge is 2.35. The summed E-state index contributed by atoms with van der Waals surface area (Å²) in [6.45, 7) is 9.47. The van der Waals surface area contributed by atoms with Gasteiger partial charge < -0.3 is 14.4 Å². The van der Waals surface area contributed by atoms with Gasteiger partial charge in [0, 0.05) is 13.0 Å². The van der Waals surface area contributed by atoms with Gasteiger partial charge in [-0.15, -0.1) is 12.3 Å². The SMILES string of the molecule is C#CCCOC1(C)CCCN(C(=O)OC(C)(C)C)C1. The van der Waals surface area contributed by atoms with Crippen molar-refractivity contribution in [3.63, 3.8) is 0 Å². The molecule has 0 N–H and O–H groups in total. The van der Waals surface area contributed by atoms with E-state index in [1.807, 2.05) is 27.7 Å². The summed E-state index contributed by atoms with van der Waals surface area (Å²) in [6, 6.07) is 0. The highest BCUT2D eigenvalue weighted by Crippen LogP contribution is 2.26. The van der Waals surface area contributed by atoms with Crippen LogP contribution in [0.3, 0.4) is 0 Å². The van der Waals surface area contributed by atoms with Crippen molar-refractivity contribution in [1.82, 2.24) is 4.90 Å². The van der Waals surface area contributed by atoms with Gasteiger partial charge in [-0.05, 0) is 40.5 Å². The van der Waals surface area contributed by atoms with Gasteiger partial charge in [0.15, 0.2) is 0 Å². The monoisotopic (exact) mass is 267 g/mol. The second-order valence-corrected chi connectivity index (χ2v) is 6.26. The smallest absolute Gasteiger partial charge is 0.410 e. The number of hydrogen-bond acceptors (Lipinski definition) is 3. The lowest BCUT2D eigenvalue weighted by Crippen LogP contribution is -2.51. The normalized spacial score (nSPS) is 23.8. The van der Waals surface area contributed by atoms with Crippen molar-refractivity contribution in [2.45, 2.75) is 58.2 Å². The molecule has 0 aromatic rings. The van der Waals surface area contributed by atoms with Crippen LogP contribution in [-0.4, -0.2) is 41.9 Å². The van der Waals surface area contributed by atoms with Crippen molar-refractivity contribution in [1.29, 1.82) is 0 Å². The van der Waals surface area contributed by atoms with Crippen LogP contribution in [0.5, 0.6) is 0 Å². The first-order chi connectivity index (χ1) is 8.76. The number of terminal acetylenes is 1. The van der Waals surface area contributed by atoms with Crippen LogP contribution in [-0.2, 0) is 9.47 Å². The van der Waals surface area contributed by atoms with Gasteiger partial charge in [0.1, 0.15) is 5.60 Å². The van der Waals surface area contributed by atoms with E-state index in [0.717, 1.165) is 19.4 Å². The molecule has 0 aromatic carbocycles. The lowest BCUT2D eigenvalue weighted by atomic mass is 9.95. The topological polar surface area (TPSA) is 38.8 Å². The molecule has 1 rings (SSSR count).